The number of ether oxygens (including phenoxy) is 2. The van der Waals surface area contributed by atoms with Crippen LogP contribution in [0.1, 0.15) is 81.4 Å². The average Bonchev–Trinajstić information content (AvgIpc) is 4.18. The maximum Gasteiger partial charge on any atom is 0.407 e. The molecule has 4 amide bonds. The van der Waals surface area contributed by atoms with Gasteiger partial charge in [-0.2, -0.15) is 0 Å². The predicted octanol–water partition coefficient (Wildman–Crippen LogP) is 8.60. The highest BCUT2D eigenvalue weighted by atomic mass is 16.5. The quantitative estimate of drug-likeness (QED) is 0.120. The van der Waals surface area contributed by atoms with Crippen molar-refractivity contribution in [3.8, 4) is 22.4 Å². The van der Waals surface area contributed by atoms with E-state index in [4.69, 9.17) is 19.5 Å². The van der Waals surface area contributed by atoms with E-state index in [2.05, 4.69) is 76.3 Å². The Bertz CT molecular complexity index is 2600. The number of aromatic nitrogens is 2. The van der Waals surface area contributed by atoms with E-state index in [0.29, 0.717) is 18.9 Å². The molecule has 324 valence electrons. The summed E-state index contributed by atoms with van der Waals surface area (Å²) in [4.78, 5) is 69.3. The number of aliphatic imine (C=N–C) groups is 1. The van der Waals surface area contributed by atoms with Gasteiger partial charge in [0.25, 0.3) is 5.91 Å². The summed E-state index contributed by atoms with van der Waals surface area (Å²) >= 11 is 0. The molecule has 3 aliphatic heterocycles. The third-order valence-corrected chi connectivity index (χ3v) is 13.3. The second-order valence-corrected chi connectivity index (χ2v) is 17.4. The van der Waals surface area contributed by atoms with Gasteiger partial charge in [0.1, 0.15) is 17.9 Å². The normalized spacial score (nSPS) is 21.3. The van der Waals surface area contributed by atoms with Crippen molar-refractivity contribution >= 4 is 46.1 Å². The molecule has 4 aliphatic rings. The van der Waals surface area contributed by atoms with Crippen molar-refractivity contribution in [3.05, 3.63) is 120 Å². The predicted molar refractivity (Wildman–Crippen MR) is 241 cm³/mol. The lowest BCUT2D eigenvalue weighted by molar-refractivity contribution is -0.136. The highest BCUT2D eigenvalue weighted by molar-refractivity contribution is 6.04. The van der Waals surface area contributed by atoms with Gasteiger partial charge in [0.2, 0.25) is 5.91 Å². The zero-order chi connectivity index (χ0) is 43.8. The molecule has 1 saturated carbocycles. The first kappa shape index (κ1) is 41.6. The van der Waals surface area contributed by atoms with Crippen LogP contribution in [0.25, 0.3) is 38.7 Å². The summed E-state index contributed by atoms with van der Waals surface area (Å²) < 4.78 is 9.69. The maximum absolute atomic E-state index is 14.3. The molecule has 13 nitrogen and oxygen atoms in total. The molecule has 1 aromatic heterocycles. The van der Waals surface area contributed by atoms with E-state index in [1.165, 1.54) is 14.2 Å². The summed E-state index contributed by atoms with van der Waals surface area (Å²) in [6.45, 7) is 4.41. The molecule has 63 heavy (non-hydrogen) atoms. The molecule has 4 heterocycles. The highest BCUT2D eigenvalue weighted by Gasteiger charge is 2.52. The summed E-state index contributed by atoms with van der Waals surface area (Å²) in [7, 11) is 2.60. The van der Waals surface area contributed by atoms with Gasteiger partial charge in [-0.3, -0.25) is 14.6 Å². The van der Waals surface area contributed by atoms with Crippen molar-refractivity contribution < 1.29 is 28.7 Å². The lowest BCUT2D eigenvalue weighted by Gasteiger charge is -2.38. The standard InChI is InChI=1S/C50H53N7O6/c1-29(2)43(54-49(60)62-3)47(58)56-22-8-11-42(56)46-52-28-41(53-46)36-19-18-34-23-33(16-17-35(34)24-36)30-12-14-31(15-13-30)38-26-40(51-27-38)45-37-20-21-39(25-37)57(45)48(59)44(55-50(61)63-4)32-9-6-5-7-10-32/h5-7,9-10,12-19,23-24,27-29,37,39,42-45H,8,11,20-22,25-26H2,1-4H3,(H,52,53)(H,54,60)(H,55,61)/t37-,39+,42-,43-,44+,45-/m0/s1. The molecule has 4 aromatic carbocycles. The van der Waals surface area contributed by atoms with Crippen LogP contribution in [0.3, 0.4) is 0 Å². The Kier molecular flexibility index (Phi) is 11.6. The fourth-order valence-corrected chi connectivity index (χ4v) is 10.1. The van der Waals surface area contributed by atoms with E-state index in [1.807, 2.05) is 66.4 Å². The second kappa shape index (κ2) is 17.5. The fourth-order valence-electron chi connectivity index (χ4n) is 10.1. The Balaban J connectivity index is 0.862. The number of aromatic amines is 1. The SMILES string of the molecule is COC(=O)N[C@H](C(=O)N1CCC[C@H]1c1ncc(-c2ccc3cc(-c4ccc(C5=CN=C([C@@H]6[C@H]7CC[C@H](C7)N6C(=O)[C@H](NC(=O)OC)c6ccccc6)C5)cc4)ccc3c2)[nH]1)C(C)C. The number of nitrogens with zero attached hydrogens (tertiary/aromatic N) is 4. The summed E-state index contributed by atoms with van der Waals surface area (Å²) in [5.41, 5.74) is 8.03. The fraction of sp³-hybridized carbons (Fsp3) is 0.360. The van der Waals surface area contributed by atoms with Crippen LogP contribution in [0.4, 0.5) is 9.59 Å². The van der Waals surface area contributed by atoms with Gasteiger partial charge in [-0.15, -0.1) is 0 Å². The van der Waals surface area contributed by atoms with Crippen molar-refractivity contribution in [1.82, 2.24) is 30.4 Å². The molecule has 3 N–H and O–H groups in total. The first-order valence-corrected chi connectivity index (χ1v) is 21.9. The average molecular weight is 848 g/mol. The Morgan fingerprint density at radius 3 is 2.19 bits per heavy atom. The van der Waals surface area contributed by atoms with Crippen molar-refractivity contribution in [2.75, 3.05) is 20.8 Å². The third-order valence-electron chi connectivity index (χ3n) is 13.3. The van der Waals surface area contributed by atoms with Crippen molar-refractivity contribution in [2.24, 2.45) is 16.8 Å². The molecular weight excluding hydrogens is 795 g/mol. The molecule has 13 heteroatoms. The molecule has 6 atom stereocenters. The number of likely N-dealkylation sites (tertiary alicyclic amines) is 2. The van der Waals surface area contributed by atoms with Gasteiger partial charge < -0.3 is 34.9 Å². The van der Waals surface area contributed by atoms with Gasteiger partial charge in [-0.1, -0.05) is 92.7 Å². The number of carbonyl (C=O) groups is 4. The Labute approximate surface area is 367 Å². The maximum atomic E-state index is 14.3. The second-order valence-electron chi connectivity index (χ2n) is 17.4. The largest absolute Gasteiger partial charge is 0.453 e. The number of H-pyrrole nitrogens is 1. The minimum atomic E-state index is -0.846. The summed E-state index contributed by atoms with van der Waals surface area (Å²) in [5.74, 6) is 0.705. The molecule has 3 fully saturated rings. The van der Waals surface area contributed by atoms with Gasteiger partial charge in [0.05, 0.1) is 38.2 Å². The van der Waals surface area contributed by atoms with Gasteiger partial charge in [-0.25, -0.2) is 14.6 Å². The van der Waals surface area contributed by atoms with E-state index in [1.54, 1.807) is 0 Å². The van der Waals surface area contributed by atoms with Gasteiger partial charge in [0, 0.05) is 36.5 Å². The minimum absolute atomic E-state index is 0.105. The van der Waals surface area contributed by atoms with E-state index in [9.17, 15) is 19.2 Å². The van der Waals surface area contributed by atoms with Crippen LogP contribution in [-0.2, 0) is 19.1 Å². The molecule has 1 aliphatic carbocycles. The molecule has 0 spiro atoms. The number of piperidine rings is 1. The summed E-state index contributed by atoms with van der Waals surface area (Å²) in [5, 5.41) is 7.72. The van der Waals surface area contributed by atoms with Crippen LogP contribution in [0.2, 0.25) is 0 Å². The number of nitrogens with one attached hydrogen (secondary N) is 3. The highest BCUT2D eigenvalue weighted by Crippen LogP contribution is 2.46. The van der Waals surface area contributed by atoms with Gasteiger partial charge in [-0.05, 0) is 94.7 Å². The zero-order valence-electron chi connectivity index (χ0n) is 36.0. The van der Waals surface area contributed by atoms with Gasteiger partial charge in [0.15, 0.2) is 0 Å². The number of alkyl carbamates (subject to hydrolysis) is 2. The van der Waals surface area contributed by atoms with Crippen LogP contribution in [0.15, 0.2) is 108 Å². The number of imidazole rings is 1. The zero-order valence-corrected chi connectivity index (χ0v) is 36.0. The van der Waals surface area contributed by atoms with Crippen molar-refractivity contribution in [3.63, 3.8) is 0 Å². The Morgan fingerprint density at radius 2 is 1.46 bits per heavy atom. The number of allylic oxidation sites excluding steroid dienone is 1. The number of carbonyl (C=O) groups excluding carboxylic acids is 4. The van der Waals surface area contributed by atoms with E-state index in [0.717, 1.165) is 93.5 Å². The molecule has 0 unspecified atom stereocenters. The third kappa shape index (κ3) is 8.19. The van der Waals surface area contributed by atoms with Crippen LogP contribution < -0.4 is 10.6 Å². The molecule has 5 aromatic rings. The van der Waals surface area contributed by atoms with Gasteiger partial charge >= 0.3 is 12.2 Å². The van der Waals surface area contributed by atoms with Crippen molar-refractivity contribution in [1.29, 1.82) is 0 Å². The molecule has 0 radical (unpaired) electrons. The van der Waals surface area contributed by atoms with Crippen LogP contribution in [0, 0.1) is 11.8 Å². The first-order valence-electron chi connectivity index (χ1n) is 21.9. The van der Waals surface area contributed by atoms with Crippen LogP contribution >= 0.6 is 0 Å². The number of rotatable bonds is 11. The Morgan fingerprint density at radius 1 is 0.778 bits per heavy atom. The molecule has 9 rings (SSSR count). The Hall–Kier alpha value is -6.76. The number of benzene rings is 4. The number of hydrogen-bond acceptors (Lipinski definition) is 8. The van der Waals surface area contributed by atoms with E-state index >= 15 is 0 Å². The smallest absolute Gasteiger partial charge is 0.407 e. The van der Waals surface area contributed by atoms with Crippen molar-refractivity contribution in [2.45, 2.75) is 82.6 Å². The number of methoxy groups -OCH3 is 2. The number of hydrogen-bond donors (Lipinski definition) is 3. The topological polar surface area (TPSA) is 158 Å². The monoisotopic (exact) mass is 847 g/mol. The summed E-state index contributed by atoms with van der Waals surface area (Å²) in [6, 6.07) is 29.1. The number of fused-ring (bicyclic) bond motifs is 3. The van der Waals surface area contributed by atoms with E-state index < -0.39 is 24.3 Å². The number of amides is 4. The molecule has 2 saturated heterocycles. The summed E-state index contributed by atoms with van der Waals surface area (Å²) in [6.07, 6.45) is 7.77. The molecule has 2 bridgehead atoms. The van der Waals surface area contributed by atoms with Crippen LogP contribution in [-0.4, -0.2) is 88.4 Å². The van der Waals surface area contributed by atoms with Crippen LogP contribution in [0.5, 0.6) is 0 Å². The first-order chi connectivity index (χ1) is 30.6. The lowest BCUT2D eigenvalue weighted by atomic mass is 9.89. The van der Waals surface area contributed by atoms with E-state index in [-0.39, 0.29) is 35.9 Å². The molecular formula is C50H53N7O6. The lowest BCUT2D eigenvalue weighted by Crippen LogP contribution is -2.53. The minimum Gasteiger partial charge on any atom is -0.453 e.